The third kappa shape index (κ3) is 4.34. The van der Waals surface area contributed by atoms with Crippen LogP contribution in [0.2, 0.25) is 0 Å². The third-order valence-corrected chi connectivity index (χ3v) is 5.95. The van der Waals surface area contributed by atoms with Gasteiger partial charge in [-0.25, -0.2) is 0 Å². The quantitative estimate of drug-likeness (QED) is 0.682. The molecule has 1 heterocycles. The van der Waals surface area contributed by atoms with Crippen LogP contribution in [0, 0.1) is 12.3 Å². The Morgan fingerprint density at radius 1 is 1.21 bits per heavy atom. The number of rotatable bonds is 6. The van der Waals surface area contributed by atoms with E-state index in [1.54, 1.807) is 21.1 Å². The van der Waals surface area contributed by atoms with Crippen molar-refractivity contribution in [2.75, 3.05) is 20.8 Å². The Kier molecular flexibility index (Phi) is 6.08. The Hall–Kier alpha value is -2.28. The van der Waals surface area contributed by atoms with E-state index in [0.29, 0.717) is 54.2 Å². The molecule has 0 spiro atoms. The second-order valence-electron chi connectivity index (χ2n) is 8.10. The molecule has 0 fully saturated rings. The van der Waals surface area contributed by atoms with Crippen LogP contribution in [0.1, 0.15) is 58.1 Å². The fraction of sp³-hybridized carbons (Fsp3) is 0.455. The molecular weight excluding hydrogens is 438 g/mol. The molecule has 6 nitrogen and oxygen atoms in total. The van der Waals surface area contributed by atoms with Crippen molar-refractivity contribution >= 4 is 27.6 Å². The van der Waals surface area contributed by atoms with E-state index >= 15 is 0 Å². The smallest absolute Gasteiger partial charge is 0.287 e. The van der Waals surface area contributed by atoms with Gasteiger partial charge in [-0.2, -0.15) is 0 Å². The van der Waals surface area contributed by atoms with Gasteiger partial charge >= 0.3 is 0 Å². The summed E-state index contributed by atoms with van der Waals surface area (Å²) in [5.41, 5.74) is 2.04. The molecule has 0 radical (unpaired) electrons. The van der Waals surface area contributed by atoms with Crippen molar-refractivity contribution in [3.05, 3.63) is 44.8 Å². The Bertz CT molecular complexity index is 961. The number of fused-ring (bicyclic) bond motifs is 1. The molecule has 1 amide bonds. The van der Waals surface area contributed by atoms with Crippen LogP contribution in [0.25, 0.3) is 0 Å². The van der Waals surface area contributed by atoms with E-state index in [2.05, 4.69) is 21.2 Å². The number of benzene rings is 1. The molecule has 156 valence electrons. The lowest BCUT2D eigenvalue weighted by molar-refractivity contribution is 0.0889. The fourth-order valence-corrected chi connectivity index (χ4v) is 4.30. The minimum absolute atomic E-state index is 0.0470. The first kappa shape index (κ1) is 21.4. The molecular formula is C22H26BrNO5. The summed E-state index contributed by atoms with van der Waals surface area (Å²) >= 11 is 3.53. The summed E-state index contributed by atoms with van der Waals surface area (Å²) < 4.78 is 17.3. The van der Waals surface area contributed by atoms with Gasteiger partial charge in [0.15, 0.2) is 23.0 Å². The number of methoxy groups -OCH3 is 2. The van der Waals surface area contributed by atoms with Crippen molar-refractivity contribution in [1.29, 1.82) is 0 Å². The van der Waals surface area contributed by atoms with Crippen LogP contribution in [-0.2, 0) is 12.8 Å². The number of amides is 1. The van der Waals surface area contributed by atoms with Crippen molar-refractivity contribution in [3.8, 4) is 11.5 Å². The van der Waals surface area contributed by atoms with E-state index in [0.717, 1.165) is 10.0 Å². The average Bonchev–Trinajstić information content (AvgIpc) is 2.97. The summed E-state index contributed by atoms with van der Waals surface area (Å²) in [7, 11) is 3.17. The Balaban J connectivity index is 1.71. The maximum atomic E-state index is 12.7. The van der Waals surface area contributed by atoms with Gasteiger partial charge in [0, 0.05) is 29.4 Å². The number of ether oxygens (including phenoxy) is 2. The van der Waals surface area contributed by atoms with Crippen molar-refractivity contribution in [2.45, 2.75) is 40.0 Å². The zero-order valence-corrected chi connectivity index (χ0v) is 19.0. The summed E-state index contributed by atoms with van der Waals surface area (Å²) in [5.74, 6) is 1.86. The van der Waals surface area contributed by atoms with Crippen LogP contribution < -0.4 is 14.8 Å². The number of furan rings is 1. The maximum Gasteiger partial charge on any atom is 0.287 e. The number of ketones is 1. The second-order valence-corrected chi connectivity index (χ2v) is 8.95. The summed E-state index contributed by atoms with van der Waals surface area (Å²) in [6.45, 7) is 6.26. The number of carbonyl (C=O) groups excluding carboxylic acids is 2. The van der Waals surface area contributed by atoms with Gasteiger partial charge in [-0.3, -0.25) is 9.59 Å². The van der Waals surface area contributed by atoms with E-state index in [9.17, 15) is 9.59 Å². The van der Waals surface area contributed by atoms with Gasteiger partial charge in [0.2, 0.25) is 0 Å². The summed E-state index contributed by atoms with van der Waals surface area (Å²) in [6.07, 6.45) is 1.72. The third-order valence-electron chi connectivity index (χ3n) is 5.22. The molecule has 1 aliphatic rings. The highest BCUT2D eigenvalue weighted by Crippen LogP contribution is 2.38. The number of Topliss-reactive ketones (excluding diaryl/α,β-unsaturated/α-hetero) is 1. The predicted molar refractivity (Wildman–Crippen MR) is 113 cm³/mol. The zero-order valence-electron chi connectivity index (χ0n) is 17.4. The predicted octanol–water partition coefficient (Wildman–Crippen LogP) is 4.50. The highest BCUT2D eigenvalue weighted by Gasteiger charge is 2.37. The monoisotopic (exact) mass is 463 g/mol. The van der Waals surface area contributed by atoms with Crippen LogP contribution in [0.15, 0.2) is 21.0 Å². The molecule has 7 heteroatoms. The van der Waals surface area contributed by atoms with Crippen LogP contribution in [-0.4, -0.2) is 32.5 Å². The zero-order chi connectivity index (χ0) is 21.3. The molecule has 0 unspecified atom stereocenters. The first-order valence-corrected chi connectivity index (χ1v) is 10.3. The number of hydrogen-bond donors (Lipinski definition) is 1. The normalized spacial score (nSPS) is 15.0. The Labute approximate surface area is 179 Å². The Morgan fingerprint density at radius 2 is 1.86 bits per heavy atom. The minimum atomic E-state index is -0.306. The molecule has 0 aliphatic heterocycles. The van der Waals surface area contributed by atoms with Crippen molar-refractivity contribution in [3.63, 3.8) is 0 Å². The first-order chi connectivity index (χ1) is 13.7. The summed E-state index contributed by atoms with van der Waals surface area (Å²) in [5, 5.41) is 2.89. The molecule has 2 aromatic rings. The largest absolute Gasteiger partial charge is 0.493 e. The lowest BCUT2D eigenvalue weighted by Gasteiger charge is -2.27. The fourth-order valence-electron chi connectivity index (χ4n) is 3.78. The molecule has 0 saturated heterocycles. The molecule has 29 heavy (non-hydrogen) atoms. The molecule has 0 bridgehead atoms. The van der Waals surface area contributed by atoms with Crippen LogP contribution in [0.5, 0.6) is 11.5 Å². The Morgan fingerprint density at radius 3 is 2.52 bits per heavy atom. The second kappa shape index (κ2) is 8.22. The number of nitrogens with one attached hydrogen (secondary N) is 1. The van der Waals surface area contributed by atoms with Gasteiger partial charge in [-0.15, -0.1) is 0 Å². The van der Waals surface area contributed by atoms with E-state index in [-0.39, 0.29) is 22.9 Å². The molecule has 1 aromatic carbocycles. The van der Waals surface area contributed by atoms with Gasteiger partial charge in [-0.1, -0.05) is 29.8 Å². The van der Waals surface area contributed by atoms with Crippen molar-refractivity contribution in [2.24, 2.45) is 5.41 Å². The minimum Gasteiger partial charge on any atom is -0.493 e. The van der Waals surface area contributed by atoms with Gasteiger partial charge < -0.3 is 19.2 Å². The molecule has 3 rings (SSSR count). The summed E-state index contributed by atoms with van der Waals surface area (Å²) in [6, 6.07) is 3.72. The maximum absolute atomic E-state index is 12.7. The molecule has 0 saturated carbocycles. The standard InChI is InChI=1S/C22H26BrNO5/c1-12-19-15(25)10-22(2,3)11-18(19)29-20(12)21(26)24-7-6-13-8-16(27-4)17(28-5)9-14(13)23/h8-9H,6-7,10-11H2,1-5H3,(H,24,26). The molecule has 1 aliphatic carbocycles. The topological polar surface area (TPSA) is 77.8 Å². The van der Waals surface area contributed by atoms with Gasteiger partial charge in [0.25, 0.3) is 5.91 Å². The highest BCUT2D eigenvalue weighted by molar-refractivity contribution is 9.10. The molecule has 0 atom stereocenters. The lowest BCUT2D eigenvalue weighted by atomic mass is 9.76. The van der Waals surface area contributed by atoms with Gasteiger partial charge in [0.1, 0.15) is 5.76 Å². The van der Waals surface area contributed by atoms with Crippen molar-refractivity contribution < 1.29 is 23.5 Å². The number of carbonyl (C=O) groups is 2. The summed E-state index contributed by atoms with van der Waals surface area (Å²) in [4.78, 5) is 25.2. The van der Waals surface area contributed by atoms with Gasteiger partial charge in [0.05, 0.1) is 19.8 Å². The first-order valence-electron chi connectivity index (χ1n) is 9.51. The lowest BCUT2D eigenvalue weighted by Crippen LogP contribution is -2.26. The van der Waals surface area contributed by atoms with Crippen LogP contribution in [0.3, 0.4) is 0 Å². The number of halogens is 1. The molecule has 1 aromatic heterocycles. The van der Waals surface area contributed by atoms with E-state index in [1.807, 2.05) is 26.0 Å². The van der Waals surface area contributed by atoms with Gasteiger partial charge in [-0.05, 0) is 36.5 Å². The van der Waals surface area contributed by atoms with E-state index in [4.69, 9.17) is 13.9 Å². The average molecular weight is 464 g/mol. The van der Waals surface area contributed by atoms with Crippen LogP contribution in [0.4, 0.5) is 0 Å². The van der Waals surface area contributed by atoms with Crippen molar-refractivity contribution in [1.82, 2.24) is 5.32 Å². The molecule has 1 N–H and O–H groups in total. The SMILES string of the molecule is COc1cc(Br)c(CCNC(=O)c2oc3c(c2C)C(=O)CC(C)(C)C3)cc1OC. The highest BCUT2D eigenvalue weighted by atomic mass is 79.9. The van der Waals surface area contributed by atoms with E-state index in [1.165, 1.54) is 0 Å². The number of hydrogen-bond acceptors (Lipinski definition) is 5. The van der Waals surface area contributed by atoms with Crippen LogP contribution >= 0.6 is 15.9 Å². The van der Waals surface area contributed by atoms with E-state index < -0.39 is 0 Å².